The first kappa shape index (κ1) is 18.6. The molecule has 1 aliphatic heterocycles. The molecule has 1 fully saturated rings. The Hall–Kier alpha value is -2.14. The molecule has 3 rings (SSSR count). The minimum atomic E-state index is -0.0404. The summed E-state index contributed by atoms with van der Waals surface area (Å²) in [6.07, 6.45) is 5.90. The van der Waals surface area contributed by atoms with E-state index in [2.05, 4.69) is 53.8 Å². The van der Waals surface area contributed by atoms with Gasteiger partial charge in [0.05, 0.1) is 12.1 Å². The van der Waals surface area contributed by atoms with Crippen LogP contribution in [-0.2, 0) is 17.3 Å². The highest BCUT2D eigenvalue weighted by Gasteiger charge is 2.36. The second-order valence-corrected chi connectivity index (χ2v) is 7.39. The van der Waals surface area contributed by atoms with Gasteiger partial charge in [-0.1, -0.05) is 44.2 Å². The molecule has 2 aromatic rings. The molecule has 0 unspecified atom stereocenters. The van der Waals surface area contributed by atoms with E-state index in [0.29, 0.717) is 6.54 Å². The van der Waals surface area contributed by atoms with Gasteiger partial charge in [-0.05, 0) is 24.0 Å². The highest BCUT2D eigenvalue weighted by Crippen LogP contribution is 2.32. The molecule has 2 heterocycles. The first-order chi connectivity index (χ1) is 12.6. The van der Waals surface area contributed by atoms with Gasteiger partial charge in [-0.25, -0.2) is 0 Å². The molecule has 1 saturated heterocycles. The molecular weight excluding hydrogens is 324 g/mol. The summed E-state index contributed by atoms with van der Waals surface area (Å²) >= 11 is 0. The van der Waals surface area contributed by atoms with E-state index in [9.17, 15) is 4.79 Å². The Bertz CT molecular complexity index is 721. The number of aryl methyl sites for hydroxylation is 1. The molecule has 1 aromatic carbocycles. The molecule has 5 heteroatoms. The second kappa shape index (κ2) is 8.04. The van der Waals surface area contributed by atoms with Crippen LogP contribution in [0.15, 0.2) is 42.7 Å². The van der Waals surface area contributed by atoms with E-state index in [1.165, 1.54) is 5.56 Å². The van der Waals surface area contributed by atoms with Crippen LogP contribution in [-0.4, -0.2) is 35.3 Å². The molecule has 140 valence electrons. The molecular formula is C21H30N4O. The van der Waals surface area contributed by atoms with Gasteiger partial charge in [-0.2, -0.15) is 5.10 Å². The minimum absolute atomic E-state index is 0.00719. The number of aromatic nitrogens is 2. The Kier molecular flexibility index (Phi) is 5.77. The van der Waals surface area contributed by atoms with Crippen LogP contribution >= 0.6 is 0 Å². The summed E-state index contributed by atoms with van der Waals surface area (Å²) in [5.41, 5.74) is 2.43. The third kappa shape index (κ3) is 3.68. The van der Waals surface area contributed by atoms with E-state index in [0.717, 1.165) is 31.5 Å². The Morgan fingerprint density at radius 3 is 2.62 bits per heavy atom. The zero-order valence-electron chi connectivity index (χ0n) is 16.0. The number of hydrogen-bond acceptors (Lipinski definition) is 3. The normalized spacial score (nSPS) is 20.3. The molecule has 1 aromatic heterocycles. The first-order valence-corrected chi connectivity index (χ1v) is 9.62. The van der Waals surface area contributed by atoms with Gasteiger partial charge in [-0.15, -0.1) is 0 Å². The molecule has 0 aliphatic carbocycles. The zero-order valence-corrected chi connectivity index (χ0v) is 16.0. The predicted octanol–water partition coefficient (Wildman–Crippen LogP) is 2.60. The van der Waals surface area contributed by atoms with Crippen molar-refractivity contribution in [2.45, 2.75) is 38.0 Å². The Balaban J connectivity index is 1.70. The van der Waals surface area contributed by atoms with Crippen molar-refractivity contribution in [1.29, 1.82) is 0 Å². The van der Waals surface area contributed by atoms with Crippen molar-refractivity contribution >= 4 is 5.91 Å². The Morgan fingerprint density at radius 2 is 2.00 bits per heavy atom. The molecule has 0 saturated carbocycles. The van der Waals surface area contributed by atoms with E-state index < -0.39 is 0 Å². The van der Waals surface area contributed by atoms with Gasteiger partial charge in [0.15, 0.2) is 0 Å². The highest BCUT2D eigenvalue weighted by atomic mass is 16.1. The number of amides is 1. The van der Waals surface area contributed by atoms with Gasteiger partial charge < -0.3 is 10.6 Å². The molecule has 0 spiro atoms. The Morgan fingerprint density at radius 1 is 1.27 bits per heavy atom. The number of nitrogens with zero attached hydrogens (tertiary/aromatic N) is 2. The number of hydrogen-bond donors (Lipinski definition) is 2. The number of carbonyl (C=O) groups excluding carboxylic acids is 1. The van der Waals surface area contributed by atoms with E-state index in [1.54, 1.807) is 4.68 Å². The zero-order chi connectivity index (χ0) is 18.6. The van der Waals surface area contributed by atoms with Crippen LogP contribution in [0.3, 0.4) is 0 Å². The summed E-state index contributed by atoms with van der Waals surface area (Å²) in [5, 5.41) is 10.9. The maximum atomic E-state index is 13.0. The molecule has 5 nitrogen and oxygen atoms in total. The fraction of sp³-hybridized carbons (Fsp3) is 0.524. The molecule has 0 radical (unpaired) electrons. The summed E-state index contributed by atoms with van der Waals surface area (Å²) in [4.78, 5) is 13.0. The van der Waals surface area contributed by atoms with Crippen LogP contribution in [0.5, 0.6) is 0 Å². The Labute approximate surface area is 156 Å². The molecule has 1 amide bonds. The minimum Gasteiger partial charge on any atom is -0.355 e. The van der Waals surface area contributed by atoms with E-state index >= 15 is 0 Å². The standard InChI is InChI=1S/C21H30N4O/c1-4-21(5-2,17-9-7-6-8-10-17)15-23-20(26)19-13-22-12-18(19)16-11-24-25(3)14-16/h6-11,14,18-19,22H,4-5,12-13,15H2,1-3H3,(H,23,26)/t18-,19+/m1/s1. The maximum absolute atomic E-state index is 13.0. The van der Waals surface area contributed by atoms with Crippen molar-refractivity contribution < 1.29 is 4.79 Å². The predicted molar refractivity (Wildman–Crippen MR) is 104 cm³/mol. The fourth-order valence-corrected chi connectivity index (χ4v) is 4.13. The first-order valence-electron chi connectivity index (χ1n) is 9.62. The fourth-order valence-electron chi connectivity index (χ4n) is 4.13. The SMILES string of the molecule is CCC(CC)(CNC(=O)[C@H]1CNC[C@@H]1c1cnn(C)c1)c1ccccc1. The van der Waals surface area contributed by atoms with Crippen molar-refractivity contribution in [1.82, 2.24) is 20.4 Å². The lowest BCUT2D eigenvalue weighted by Gasteiger charge is -2.33. The summed E-state index contributed by atoms with van der Waals surface area (Å²) in [6, 6.07) is 10.6. The number of carbonyl (C=O) groups is 1. The molecule has 1 aliphatic rings. The smallest absolute Gasteiger partial charge is 0.225 e. The number of nitrogens with one attached hydrogen (secondary N) is 2. The number of benzene rings is 1. The monoisotopic (exact) mass is 354 g/mol. The van der Waals surface area contributed by atoms with Crippen LogP contribution in [0.1, 0.15) is 43.7 Å². The average molecular weight is 354 g/mol. The number of rotatable bonds is 7. The highest BCUT2D eigenvalue weighted by molar-refractivity contribution is 5.80. The van der Waals surface area contributed by atoms with Crippen LogP contribution in [0.25, 0.3) is 0 Å². The molecule has 2 N–H and O–H groups in total. The topological polar surface area (TPSA) is 59.0 Å². The second-order valence-electron chi connectivity index (χ2n) is 7.39. The van der Waals surface area contributed by atoms with Gasteiger partial charge in [-0.3, -0.25) is 9.48 Å². The van der Waals surface area contributed by atoms with Gasteiger partial charge in [0.25, 0.3) is 0 Å². The average Bonchev–Trinajstić information content (AvgIpc) is 3.32. The van der Waals surface area contributed by atoms with Crippen molar-refractivity contribution in [3.8, 4) is 0 Å². The third-order valence-electron chi connectivity index (χ3n) is 6.04. The van der Waals surface area contributed by atoms with Crippen molar-refractivity contribution in [2.24, 2.45) is 13.0 Å². The van der Waals surface area contributed by atoms with E-state index in [1.807, 2.05) is 25.5 Å². The van der Waals surface area contributed by atoms with Crippen LogP contribution in [0.4, 0.5) is 0 Å². The molecule has 2 atom stereocenters. The molecule has 0 bridgehead atoms. The summed E-state index contributed by atoms with van der Waals surface area (Å²) in [5.74, 6) is 0.297. The summed E-state index contributed by atoms with van der Waals surface area (Å²) in [6.45, 7) is 6.65. The maximum Gasteiger partial charge on any atom is 0.225 e. The quantitative estimate of drug-likeness (QED) is 0.803. The van der Waals surface area contributed by atoms with Gasteiger partial charge in [0, 0.05) is 44.2 Å². The van der Waals surface area contributed by atoms with Crippen molar-refractivity contribution in [3.63, 3.8) is 0 Å². The summed E-state index contributed by atoms with van der Waals surface area (Å²) in [7, 11) is 1.91. The largest absolute Gasteiger partial charge is 0.355 e. The summed E-state index contributed by atoms with van der Waals surface area (Å²) < 4.78 is 1.80. The lowest BCUT2D eigenvalue weighted by atomic mass is 9.75. The third-order valence-corrected chi connectivity index (χ3v) is 6.04. The van der Waals surface area contributed by atoms with Crippen molar-refractivity contribution in [3.05, 3.63) is 53.9 Å². The van der Waals surface area contributed by atoms with Crippen LogP contribution in [0, 0.1) is 5.92 Å². The molecule has 26 heavy (non-hydrogen) atoms. The van der Waals surface area contributed by atoms with Crippen LogP contribution < -0.4 is 10.6 Å². The van der Waals surface area contributed by atoms with E-state index in [-0.39, 0.29) is 23.2 Å². The van der Waals surface area contributed by atoms with E-state index in [4.69, 9.17) is 0 Å². The van der Waals surface area contributed by atoms with Gasteiger partial charge in [0.2, 0.25) is 5.91 Å². The lowest BCUT2D eigenvalue weighted by Crippen LogP contribution is -2.43. The lowest BCUT2D eigenvalue weighted by molar-refractivity contribution is -0.125. The van der Waals surface area contributed by atoms with Crippen LogP contribution in [0.2, 0.25) is 0 Å². The van der Waals surface area contributed by atoms with Gasteiger partial charge >= 0.3 is 0 Å². The van der Waals surface area contributed by atoms with Gasteiger partial charge in [0.1, 0.15) is 0 Å². The van der Waals surface area contributed by atoms with Crippen molar-refractivity contribution in [2.75, 3.05) is 19.6 Å².